The molecule has 2 aromatic carbocycles. The Morgan fingerprint density at radius 3 is 2.32 bits per heavy atom. The van der Waals surface area contributed by atoms with Crippen molar-refractivity contribution in [3.63, 3.8) is 0 Å². The predicted octanol–water partition coefficient (Wildman–Crippen LogP) is 3.15. The number of hydrogen-bond acceptors (Lipinski definition) is 3. The van der Waals surface area contributed by atoms with Gasteiger partial charge >= 0.3 is 0 Å². The highest BCUT2D eigenvalue weighted by atomic mass is 79.9. The molecule has 0 bridgehead atoms. The van der Waals surface area contributed by atoms with Crippen LogP contribution < -0.4 is 5.73 Å². The summed E-state index contributed by atoms with van der Waals surface area (Å²) in [4.78, 5) is 0. The van der Waals surface area contributed by atoms with Gasteiger partial charge in [-0.3, -0.25) is 0 Å². The highest BCUT2D eigenvalue weighted by Crippen LogP contribution is 2.23. The molecule has 0 saturated carbocycles. The lowest BCUT2D eigenvalue weighted by atomic mass is 10.2. The molecule has 0 fully saturated rings. The molecule has 0 spiro atoms. The first kappa shape index (κ1) is 14.1. The second kappa shape index (κ2) is 5.75. The lowest BCUT2D eigenvalue weighted by Gasteiger charge is -2.07. The average Bonchev–Trinajstić information content (AvgIpc) is 2.33. The molecule has 100 valence electrons. The lowest BCUT2D eigenvalue weighted by Crippen LogP contribution is -2.08. The van der Waals surface area contributed by atoms with Crippen LogP contribution in [-0.2, 0) is 21.3 Å². The third-order valence-corrected chi connectivity index (χ3v) is 4.94. The number of nitrogen functional groups attached to an aromatic ring is 1. The third-order valence-electron chi connectivity index (χ3n) is 2.68. The van der Waals surface area contributed by atoms with E-state index in [2.05, 4.69) is 15.9 Å². The van der Waals surface area contributed by atoms with Crippen molar-refractivity contribution in [1.29, 1.82) is 0 Å². The van der Waals surface area contributed by atoms with Crippen molar-refractivity contribution < 1.29 is 8.42 Å². The van der Waals surface area contributed by atoms with Gasteiger partial charge in [0, 0.05) is 10.2 Å². The topological polar surface area (TPSA) is 60.2 Å². The number of nitrogens with two attached hydrogens (primary N) is 1. The zero-order valence-corrected chi connectivity index (χ0v) is 12.6. The van der Waals surface area contributed by atoms with Crippen molar-refractivity contribution in [3.8, 4) is 0 Å². The van der Waals surface area contributed by atoms with Crippen LogP contribution in [0.4, 0.5) is 5.69 Å². The fourth-order valence-corrected chi connectivity index (χ4v) is 4.05. The minimum atomic E-state index is -3.19. The second-order valence-electron chi connectivity index (χ2n) is 4.37. The first-order chi connectivity index (χ1) is 8.96. The van der Waals surface area contributed by atoms with Crippen LogP contribution in [0.3, 0.4) is 0 Å². The van der Waals surface area contributed by atoms with Crippen LogP contribution >= 0.6 is 15.9 Å². The van der Waals surface area contributed by atoms with E-state index >= 15 is 0 Å². The lowest BCUT2D eigenvalue weighted by molar-refractivity contribution is 0.594. The minimum absolute atomic E-state index is 0.00274. The summed E-state index contributed by atoms with van der Waals surface area (Å²) in [6.07, 6.45) is 0. The van der Waals surface area contributed by atoms with Crippen molar-refractivity contribution in [1.82, 2.24) is 0 Å². The molecule has 0 aliphatic heterocycles. The molecule has 3 nitrogen and oxygen atoms in total. The average molecular weight is 340 g/mol. The van der Waals surface area contributed by atoms with Gasteiger partial charge in [-0.2, -0.15) is 0 Å². The second-order valence-corrected chi connectivity index (χ2v) is 7.29. The van der Waals surface area contributed by atoms with Gasteiger partial charge in [0.05, 0.1) is 11.5 Å². The van der Waals surface area contributed by atoms with Crippen LogP contribution in [0.25, 0.3) is 0 Å². The van der Waals surface area contributed by atoms with E-state index < -0.39 is 9.84 Å². The maximum absolute atomic E-state index is 12.2. The van der Waals surface area contributed by atoms with Crippen LogP contribution in [0.15, 0.2) is 53.0 Å². The van der Waals surface area contributed by atoms with E-state index in [9.17, 15) is 8.42 Å². The fraction of sp³-hybridized carbons (Fsp3) is 0.143. The van der Waals surface area contributed by atoms with Crippen LogP contribution in [0.1, 0.15) is 11.1 Å². The normalized spacial score (nSPS) is 11.4. The number of anilines is 1. The van der Waals surface area contributed by atoms with Crippen LogP contribution in [0, 0.1) is 0 Å². The summed E-state index contributed by atoms with van der Waals surface area (Å²) in [6, 6.07) is 14.3. The van der Waals surface area contributed by atoms with E-state index in [0.29, 0.717) is 5.69 Å². The molecule has 2 aromatic rings. The molecule has 5 heteroatoms. The Hall–Kier alpha value is -1.33. The molecular formula is C14H14BrNO2S. The minimum Gasteiger partial charge on any atom is -0.399 e. The molecule has 0 aromatic heterocycles. The van der Waals surface area contributed by atoms with Gasteiger partial charge < -0.3 is 5.73 Å². The van der Waals surface area contributed by atoms with Crippen LogP contribution in [-0.4, -0.2) is 8.42 Å². The first-order valence-electron chi connectivity index (χ1n) is 5.74. The van der Waals surface area contributed by atoms with E-state index in [1.165, 1.54) is 0 Å². The van der Waals surface area contributed by atoms with Gasteiger partial charge in [-0.15, -0.1) is 0 Å². The monoisotopic (exact) mass is 339 g/mol. The van der Waals surface area contributed by atoms with Gasteiger partial charge in [-0.1, -0.05) is 52.3 Å². The summed E-state index contributed by atoms with van der Waals surface area (Å²) in [5.41, 5.74) is 7.77. The predicted molar refractivity (Wildman–Crippen MR) is 81.3 cm³/mol. The summed E-state index contributed by atoms with van der Waals surface area (Å²) in [5.74, 6) is 0.0490. The Morgan fingerprint density at radius 1 is 1.00 bits per heavy atom. The Kier molecular flexibility index (Phi) is 4.27. The Morgan fingerprint density at radius 2 is 1.68 bits per heavy atom. The summed E-state index contributed by atoms with van der Waals surface area (Å²) < 4.78 is 25.0. The maximum atomic E-state index is 12.2. The number of hydrogen-bond donors (Lipinski definition) is 1. The molecule has 0 saturated heterocycles. The summed E-state index contributed by atoms with van der Waals surface area (Å²) >= 11 is 3.34. The molecule has 0 amide bonds. The Labute approximate surface area is 121 Å². The quantitative estimate of drug-likeness (QED) is 0.870. The number of rotatable bonds is 4. The smallest absolute Gasteiger partial charge is 0.158 e. The molecule has 2 rings (SSSR count). The van der Waals surface area contributed by atoms with E-state index in [4.69, 9.17) is 5.73 Å². The molecule has 0 heterocycles. The Balaban J connectivity index is 2.17. The number of sulfone groups is 1. The van der Waals surface area contributed by atoms with E-state index in [-0.39, 0.29) is 11.5 Å². The highest BCUT2D eigenvalue weighted by molar-refractivity contribution is 9.10. The Bertz CT molecular complexity index is 669. The van der Waals surface area contributed by atoms with E-state index in [0.717, 1.165) is 15.6 Å². The van der Waals surface area contributed by atoms with Crippen molar-refractivity contribution in [2.75, 3.05) is 5.73 Å². The molecule has 0 aliphatic rings. The van der Waals surface area contributed by atoms with Crippen molar-refractivity contribution in [3.05, 3.63) is 64.1 Å². The zero-order valence-electron chi connectivity index (χ0n) is 10.2. The molecule has 0 aliphatic carbocycles. The SMILES string of the molecule is Nc1ccc(CS(=O)(=O)Cc2ccccc2)c(Br)c1. The van der Waals surface area contributed by atoms with Crippen LogP contribution in [0.5, 0.6) is 0 Å². The van der Waals surface area contributed by atoms with Gasteiger partial charge in [-0.05, 0) is 23.3 Å². The molecule has 2 N–H and O–H groups in total. The molecule has 0 unspecified atom stereocenters. The van der Waals surface area contributed by atoms with Gasteiger partial charge in [0.15, 0.2) is 9.84 Å². The molecular weight excluding hydrogens is 326 g/mol. The molecule has 0 atom stereocenters. The van der Waals surface area contributed by atoms with Gasteiger partial charge in [0.2, 0.25) is 0 Å². The summed E-state index contributed by atoms with van der Waals surface area (Å²) in [6.45, 7) is 0. The van der Waals surface area contributed by atoms with E-state index in [1.54, 1.807) is 18.2 Å². The number of halogens is 1. The van der Waals surface area contributed by atoms with Gasteiger partial charge in [0.1, 0.15) is 0 Å². The van der Waals surface area contributed by atoms with Crippen molar-refractivity contribution in [2.24, 2.45) is 0 Å². The molecule has 19 heavy (non-hydrogen) atoms. The van der Waals surface area contributed by atoms with Gasteiger partial charge in [-0.25, -0.2) is 8.42 Å². The van der Waals surface area contributed by atoms with Gasteiger partial charge in [0.25, 0.3) is 0 Å². The largest absolute Gasteiger partial charge is 0.399 e. The maximum Gasteiger partial charge on any atom is 0.158 e. The van der Waals surface area contributed by atoms with Crippen LogP contribution in [0.2, 0.25) is 0 Å². The number of benzene rings is 2. The van der Waals surface area contributed by atoms with Crippen molar-refractivity contribution >= 4 is 31.5 Å². The standard InChI is InChI=1S/C14H14BrNO2S/c15-14-8-13(16)7-6-12(14)10-19(17,18)9-11-4-2-1-3-5-11/h1-8H,9-10,16H2. The first-order valence-corrected chi connectivity index (χ1v) is 8.36. The third kappa shape index (κ3) is 4.08. The highest BCUT2D eigenvalue weighted by Gasteiger charge is 2.15. The summed E-state index contributed by atoms with van der Waals surface area (Å²) in [5, 5.41) is 0. The summed E-state index contributed by atoms with van der Waals surface area (Å²) in [7, 11) is -3.19. The van der Waals surface area contributed by atoms with E-state index in [1.807, 2.05) is 30.3 Å². The fourth-order valence-electron chi connectivity index (χ4n) is 1.80. The zero-order chi connectivity index (χ0) is 13.9. The molecule has 0 radical (unpaired) electrons. The van der Waals surface area contributed by atoms with Crippen molar-refractivity contribution in [2.45, 2.75) is 11.5 Å².